The summed E-state index contributed by atoms with van der Waals surface area (Å²) in [6.45, 7) is -0.227. The third-order valence-corrected chi connectivity index (χ3v) is 7.02. The highest BCUT2D eigenvalue weighted by Crippen LogP contribution is 2.24. The number of hydrogen-bond acceptors (Lipinski definition) is 5. The Morgan fingerprint density at radius 1 is 1.45 bits per heavy atom. The minimum Gasteiger partial charge on any atom is -0.325 e. The summed E-state index contributed by atoms with van der Waals surface area (Å²) in [6.07, 6.45) is 3.86. The van der Waals surface area contributed by atoms with E-state index >= 15 is 0 Å². The van der Waals surface area contributed by atoms with Crippen LogP contribution in [0.15, 0.2) is 21.7 Å². The van der Waals surface area contributed by atoms with Crippen molar-refractivity contribution in [1.82, 2.24) is 9.21 Å². The fraction of sp³-hybridized carbons (Fsp3) is 0.571. The van der Waals surface area contributed by atoms with Crippen LogP contribution in [-0.4, -0.2) is 49.7 Å². The van der Waals surface area contributed by atoms with E-state index in [2.05, 4.69) is 0 Å². The van der Waals surface area contributed by atoms with Crippen molar-refractivity contribution >= 4 is 27.3 Å². The average molecular weight is 341 g/mol. The van der Waals surface area contributed by atoms with Crippen LogP contribution in [0.2, 0.25) is 0 Å². The number of amides is 1. The van der Waals surface area contributed by atoms with Crippen LogP contribution in [0.5, 0.6) is 0 Å². The van der Waals surface area contributed by atoms with E-state index in [1.54, 1.807) is 11.4 Å². The number of carbonyl (C=O) groups is 1. The zero-order valence-corrected chi connectivity index (χ0v) is 14.1. The zero-order valence-electron chi connectivity index (χ0n) is 12.4. The lowest BCUT2D eigenvalue weighted by Crippen LogP contribution is -2.45. The molecule has 1 aromatic rings. The summed E-state index contributed by atoms with van der Waals surface area (Å²) in [5.74, 6) is -0.309. The Bertz CT molecular complexity index is 643. The molecule has 1 heterocycles. The average Bonchev–Trinajstić information content (AvgIpc) is 3.17. The third-order valence-electron chi connectivity index (χ3n) is 3.84. The van der Waals surface area contributed by atoms with Crippen molar-refractivity contribution in [2.45, 2.75) is 35.9 Å². The lowest BCUT2D eigenvalue weighted by atomic mass is 10.2. The van der Waals surface area contributed by atoms with Gasteiger partial charge in [0.25, 0.3) is 10.0 Å². The van der Waals surface area contributed by atoms with Crippen molar-refractivity contribution in [3.05, 3.63) is 17.5 Å². The van der Waals surface area contributed by atoms with Gasteiger partial charge >= 0.3 is 0 Å². The summed E-state index contributed by atoms with van der Waals surface area (Å²) in [4.78, 5) is 13.9. The Labute approximate surface area is 135 Å². The molecule has 1 aromatic heterocycles. The number of thiophene rings is 1. The van der Waals surface area contributed by atoms with Crippen molar-refractivity contribution in [2.24, 2.45) is 0 Å². The second kappa shape index (κ2) is 7.22. The van der Waals surface area contributed by atoms with Crippen molar-refractivity contribution in [3.8, 4) is 6.07 Å². The van der Waals surface area contributed by atoms with E-state index in [1.165, 1.54) is 18.0 Å². The van der Waals surface area contributed by atoms with Crippen LogP contribution in [0, 0.1) is 11.3 Å². The predicted octanol–water partition coefficient (Wildman–Crippen LogP) is 1.66. The van der Waals surface area contributed by atoms with Crippen LogP contribution < -0.4 is 0 Å². The fourth-order valence-electron chi connectivity index (χ4n) is 2.64. The van der Waals surface area contributed by atoms with Crippen LogP contribution in [-0.2, 0) is 14.8 Å². The van der Waals surface area contributed by atoms with Crippen molar-refractivity contribution < 1.29 is 13.2 Å². The highest BCUT2D eigenvalue weighted by Gasteiger charge is 2.30. The van der Waals surface area contributed by atoms with E-state index in [9.17, 15) is 13.2 Å². The van der Waals surface area contributed by atoms with Crippen LogP contribution in [0.1, 0.15) is 25.7 Å². The Morgan fingerprint density at radius 2 is 2.14 bits per heavy atom. The van der Waals surface area contributed by atoms with E-state index in [4.69, 9.17) is 5.26 Å². The number of likely N-dealkylation sites (N-methyl/N-ethyl adjacent to an activating group) is 1. The standard InChI is InChI=1S/C14H19N3O3S2/c1-16(22(19,20)14-7-4-10-21-14)11-13(18)17(9-8-15)12-5-2-3-6-12/h4,7,10,12H,2-3,5-6,9,11H2,1H3. The minimum atomic E-state index is -3.64. The molecule has 0 N–H and O–H groups in total. The van der Waals surface area contributed by atoms with Crippen molar-refractivity contribution in [3.63, 3.8) is 0 Å². The molecule has 2 rings (SSSR count). The van der Waals surface area contributed by atoms with E-state index in [0.717, 1.165) is 41.3 Å². The second-order valence-electron chi connectivity index (χ2n) is 5.31. The quantitative estimate of drug-likeness (QED) is 0.737. The van der Waals surface area contributed by atoms with Gasteiger partial charge in [-0.1, -0.05) is 18.9 Å². The molecule has 1 fully saturated rings. The maximum atomic E-state index is 12.4. The van der Waals surface area contributed by atoms with Crippen molar-refractivity contribution in [2.75, 3.05) is 20.1 Å². The second-order valence-corrected chi connectivity index (χ2v) is 8.53. The molecule has 1 saturated carbocycles. The van der Waals surface area contributed by atoms with Crippen LogP contribution >= 0.6 is 11.3 Å². The molecular weight excluding hydrogens is 322 g/mol. The van der Waals surface area contributed by atoms with E-state index in [1.807, 2.05) is 6.07 Å². The molecule has 6 nitrogen and oxygen atoms in total. The number of sulfonamides is 1. The Morgan fingerprint density at radius 3 is 2.68 bits per heavy atom. The topological polar surface area (TPSA) is 81.5 Å². The van der Waals surface area contributed by atoms with Crippen LogP contribution in [0.25, 0.3) is 0 Å². The number of hydrogen-bond donors (Lipinski definition) is 0. The first kappa shape index (κ1) is 16.9. The van der Waals surface area contributed by atoms with Gasteiger partial charge in [-0.25, -0.2) is 8.42 Å². The Kier molecular flexibility index (Phi) is 5.56. The summed E-state index contributed by atoms with van der Waals surface area (Å²) >= 11 is 1.12. The molecule has 0 spiro atoms. The highest BCUT2D eigenvalue weighted by molar-refractivity contribution is 7.91. The molecule has 0 atom stereocenters. The molecule has 0 bridgehead atoms. The van der Waals surface area contributed by atoms with Gasteiger partial charge in [0.2, 0.25) is 5.91 Å². The maximum Gasteiger partial charge on any atom is 0.252 e. The summed E-state index contributed by atoms with van der Waals surface area (Å²) < 4.78 is 25.9. The molecule has 1 amide bonds. The fourth-order valence-corrected chi connectivity index (χ4v) is 4.96. The first-order chi connectivity index (χ1) is 10.5. The summed E-state index contributed by atoms with van der Waals surface area (Å²) in [7, 11) is -2.25. The normalized spacial score (nSPS) is 15.9. The van der Waals surface area contributed by atoms with Crippen LogP contribution in [0.4, 0.5) is 0 Å². The van der Waals surface area contributed by atoms with Gasteiger partial charge in [-0.2, -0.15) is 9.57 Å². The summed E-state index contributed by atoms with van der Waals surface area (Å²) in [6, 6.07) is 5.24. The molecule has 0 radical (unpaired) electrons. The van der Waals surface area contributed by atoms with Gasteiger partial charge in [0.1, 0.15) is 10.8 Å². The Balaban J connectivity index is 2.07. The molecule has 0 aliphatic heterocycles. The first-order valence-electron chi connectivity index (χ1n) is 7.13. The third kappa shape index (κ3) is 3.66. The number of carbonyl (C=O) groups excluding carboxylic acids is 1. The maximum absolute atomic E-state index is 12.4. The van der Waals surface area contributed by atoms with Gasteiger partial charge in [-0.05, 0) is 24.3 Å². The molecule has 8 heteroatoms. The number of nitrogens with zero attached hydrogens (tertiary/aromatic N) is 3. The SMILES string of the molecule is CN(CC(=O)N(CC#N)C1CCCC1)S(=O)(=O)c1cccs1. The van der Waals surface area contributed by atoms with E-state index in [-0.39, 0.29) is 29.2 Å². The van der Waals surface area contributed by atoms with Crippen molar-refractivity contribution in [1.29, 1.82) is 5.26 Å². The largest absolute Gasteiger partial charge is 0.325 e. The van der Waals surface area contributed by atoms with Gasteiger partial charge in [-0.3, -0.25) is 4.79 Å². The minimum absolute atomic E-state index is 0.0103. The molecule has 0 saturated heterocycles. The molecule has 0 unspecified atom stereocenters. The molecular formula is C14H19N3O3S2. The Hall–Kier alpha value is -1.43. The lowest BCUT2D eigenvalue weighted by Gasteiger charge is -2.28. The molecule has 22 heavy (non-hydrogen) atoms. The summed E-state index contributed by atoms with van der Waals surface area (Å²) in [5.41, 5.74) is 0. The number of nitriles is 1. The molecule has 1 aliphatic carbocycles. The smallest absolute Gasteiger partial charge is 0.252 e. The zero-order chi connectivity index (χ0) is 16.2. The van der Waals surface area contributed by atoms with Gasteiger partial charge in [0.05, 0.1) is 12.6 Å². The van der Waals surface area contributed by atoms with E-state index < -0.39 is 10.0 Å². The first-order valence-corrected chi connectivity index (χ1v) is 9.45. The lowest BCUT2D eigenvalue weighted by molar-refractivity contribution is -0.132. The van der Waals surface area contributed by atoms with Gasteiger partial charge in [0.15, 0.2) is 0 Å². The monoisotopic (exact) mass is 341 g/mol. The van der Waals surface area contributed by atoms with Gasteiger partial charge in [0, 0.05) is 13.1 Å². The van der Waals surface area contributed by atoms with Crippen LogP contribution in [0.3, 0.4) is 0 Å². The van der Waals surface area contributed by atoms with Gasteiger partial charge in [-0.15, -0.1) is 11.3 Å². The van der Waals surface area contributed by atoms with E-state index in [0.29, 0.717) is 0 Å². The number of rotatable bonds is 6. The predicted molar refractivity (Wildman–Crippen MR) is 83.7 cm³/mol. The molecule has 0 aromatic carbocycles. The molecule has 120 valence electrons. The molecule has 1 aliphatic rings. The van der Waals surface area contributed by atoms with Gasteiger partial charge < -0.3 is 4.90 Å². The highest BCUT2D eigenvalue weighted by atomic mass is 32.2. The summed E-state index contributed by atoms with van der Waals surface area (Å²) in [5, 5.41) is 10.6.